The van der Waals surface area contributed by atoms with Crippen molar-refractivity contribution >= 4 is 15.7 Å². The maximum atomic E-state index is 12.4. The van der Waals surface area contributed by atoms with E-state index in [1.807, 2.05) is 0 Å². The monoisotopic (exact) mass is 298 g/mol. The largest absolute Gasteiger partial charge is 0.497 e. The average Bonchev–Trinajstić information content (AvgIpc) is 2.67. The number of benzene rings is 1. The van der Waals surface area contributed by atoms with E-state index in [0.717, 1.165) is 19.3 Å². The number of nitrogen functional groups attached to an aromatic ring is 1. The van der Waals surface area contributed by atoms with Crippen LogP contribution in [-0.2, 0) is 10.0 Å². The van der Waals surface area contributed by atoms with Gasteiger partial charge in [-0.25, -0.2) is 13.1 Å². The molecule has 1 atom stereocenters. The first kappa shape index (κ1) is 15.1. The van der Waals surface area contributed by atoms with Crippen LogP contribution in [0.4, 0.5) is 5.69 Å². The van der Waals surface area contributed by atoms with Crippen molar-refractivity contribution in [3.8, 4) is 5.75 Å². The Hall–Kier alpha value is -1.27. The van der Waals surface area contributed by atoms with Crippen molar-refractivity contribution in [1.82, 2.24) is 4.72 Å². The highest BCUT2D eigenvalue weighted by Crippen LogP contribution is 2.37. The molecule has 1 unspecified atom stereocenters. The van der Waals surface area contributed by atoms with Crippen molar-refractivity contribution in [3.05, 3.63) is 18.2 Å². The third-order valence-corrected chi connectivity index (χ3v) is 5.39. The molecule has 1 aliphatic carbocycles. The summed E-state index contributed by atoms with van der Waals surface area (Å²) in [4.78, 5) is 0.114. The summed E-state index contributed by atoms with van der Waals surface area (Å²) in [6, 6.07) is 4.59. The minimum atomic E-state index is -3.58. The lowest BCUT2D eigenvalue weighted by atomic mass is 9.92. The molecule has 2 rings (SSSR count). The molecule has 1 aromatic carbocycles. The van der Waals surface area contributed by atoms with Crippen molar-refractivity contribution in [1.29, 1.82) is 0 Å². The zero-order valence-corrected chi connectivity index (χ0v) is 13.0. The van der Waals surface area contributed by atoms with E-state index in [1.54, 1.807) is 6.07 Å². The molecule has 1 fully saturated rings. The van der Waals surface area contributed by atoms with Crippen molar-refractivity contribution in [2.24, 2.45) is 5.41 Å². The van der Waals surface area contributed by atoms with Gasteiger partial charge in [-0.2, -0.15) is 0 Å². The molecule has 1 aromatic rings. The van der Waals surface area contributed by atoms with Crippen LogP contribution in [0.25, 0.3) is 0 Å². The lowest BCUT2D eigenvalue weighted by Gasteiger charge is -2.18. The molecule has 0 amide bonds. The van der Waals surface area contributed by atoms with Crippen LogP contribution in [0.1, 0.15) is 33.1 Å². The van der Waals surface area contributed by atoms with Gasteiger partial charge in [-0.05, 0) is 36.8 Å². The van der Waals surface area contributed by atoms with Crippen LogP contribution in [0.3, 0.4) is 0 Å². The molecule has 6 heteroatoms. The lowest BCUT2D eigenvalue weighted by molar-refractivity contribution is 0.372. The van der Waals surface area contributed by atoms with Crippen molar-refractivity contribution in [2.45, 2.75) is 44.0 Å². The van der Waals surface area contributed by atoms with E-state index in [0.29, 0.717) is 5.75 Å². The first-order chi connectivity index (χ1) is 9.23. The number of ether oxygens (including phenoxy) is 1. The Morgan fingerprint density at radius 1 is 1.40 bits per heavy atom. The standard InChI is InChI=1S/C14H22N2O3S/c1-14(2)7-6-10(9-14)16-20(17,18)13-5-4-11(19-3)8-12(13)15/h4-5,8,10,16H,6-7,9,15H2,1-3H3. The fourth-order valence-electron chi connectivity index (χ4n) is 2.72. The second-order valence-electron chi connectivity index (χ2n) is 6.13. The summed E-state index contributed by atoms with van der Waals surface area (Å²) in [5, 5.41) is 0. The molecule has 0 radical (unpaired) electrons. The first-order valence-electron chi connectivity index (χ1n) is 6.69. The van der Waals surface area contributed by atoms with Gasteiger partial charge in [0.1, 0.15) is 10.6 Å². The molecular weight excluding hydrogens is 276 g/mol. The van der Waals surface area contributed by atoms with E-state index in [2.05, 4.69) is 18.6 Å². The highest BCUT2D eigenvalue weighted by Gasteiger charge is 2.33. The Labute approximate surface area is 120 Å². The van der Waals surface area contributed by atoms with Gasteiger partial charge in [0.25, 0.3) is 0 Å². The maximum absolute atomic E-state index is 12.4. The predicted molar refractivity (Wildman–Crippen MR) is 79.1 cm³/mol. The second kappa shape index (κ2) is 5.26. The van der Waals surface area contributed by atoms with E-state index in [1.165, 1.54) is 19.2 Å². The fraction of sp³-hybridized carbons (Fsp3) is 0.571. The van der Waals surface area contributed by atoms with Gasteiger partial charge in [-0.1, -0.05) is 13.8 Å². The Kier molecular flexibility index (Phi) is 3.97. The summed E-state index contributed by atoms with van der Waals surface area (Å²) in [7, 11) is -2.06. The molecule has 0 aliphatic heterocycles. The molecule has 20 heavy (non-hydrogen) atoms. The van der Waals surface area contributed by atoms with Gasteiger partial charge in [0.15, 0.2) is 0 Å². The van der Waals surface area contributed by atoms with E-state index in [9.17, 15) is 8.42 Å². The van der Waals surface area contributed by atoms with Crippen LogP contribution in [0.5, 0.6) is 5.75 Å². The van der Waals surface area contributed by atoms with Crippen molar-refractivity contribution in [3.63, 3.8) is 0 Å². The molecule has 1 saturated carbocycles. The van der Waals surface area contributed by atoms with E-state index >= 15 is 0 Å². The first-order valence-corrected chi connectivity index (χ1v) is 8.18. The predicted octanol–water partition coefficient (Wildman–Crippen LogP) is 2.13. The van der Waals surface area contributed by atoms with Gasteiger partial charge in [-0.15, -0.1) is 0 Å². The number of nitrogens with two attached hydrogens (primary N) is 1. The lowest BCUT2D eigenvalue weighted by Crippen LogP contribution is -2.33. The molecular formula is C14H22N2O3S. The van der Waals surface area contributed by atoms with Gasteiger partial charge in [-0.3, -0.25) is 0 Å². The zero-order valence-electron chi connectivity index (χ0n) is 12.1. The molecule has 0 heterocycles. The quantitative estimate of drug-likeness (QED) is 0.834. The van der Waals surface area contributed by atoms with Crippen LogP contribution >= 0.6 is 0 Å². The van der Waals surface area contributed by atoms with Gasteiger partial charge >= 0.3 is 0 Å². The molecule has 0 spiro atoms. The Morgan fingerprint density at radius 2 is 2.10 bits per heavy atom. The van der Waals surface area contributed by atoms with Crippen LogP contribution < -0.4 is 15.2 Å². The SMILES string of the molecule is COc1ccc(S(=O)(=O)NC2CCC(C)(C)C2)c(N)c1. The smallest absolute Gasteiger partial charge is 0.242 e. The molecule has 3 N–H and O–H groups in total. The molecule has 0 saturated heterocycles. The highest BCUT2D eigenvalue weighted by atomic mass is 32.2. The van der Waals surface area contributed by atoms with Crippen molar-refractivity contribution in [2.75, 3.05) is 12.8 Å². The number of hydrogen-bond donors (Lipinski definition) is 2. The third-order valence-electron chi connectivity index (χ3n) is 3.80. The van der Waals surface area contributed by atoms with Gasteiger partial charge in [0, 0.05) is 12.1 Å². The number of anilines is 1. The second-order valence-corrected chi connectivity index (χ2v) is 7.81. The van der Waals surface area contributed by atoms with E-state index in [4.69, 9.17) is 10.5 Å². The molecule has 112 valence electrons. The Bertz CT molecular complexity index is 596. The molecule has 1 aliphatic rings. The Balaban J connectivity index is 2.19. The topological polar surface area (TPSA) is 81.4 Å². The van der Waals surface area contributed by atoms with Gasteiger partial charge < -0.3 is 10.5 Å². The molecule has 0 bridgehead atoms. The van der Waals surface area contributed by atoms with Gasteiger partial charge in [0.2, 0.25) is 10.0 Å². The summed E-state index contributed by atoms with van der Waals surface area (Å²) < 4.78 is 32.6. The minimum Gasteiger partial charge on any atom is -0.497 e. The summed E-state index contributed by atoms with van der Waals surface area (Å²) in [5.74, 6) is 0.545. The van der Waals surface area contributed by atoms with Crippen LogP contribution in [0.2, 0.25) is 0 Å². The number of hydrogen-bond acceptors (Lipinski definition) is 4. The van der Waals surface area contributed by atoms with E-state index in [-0.39, 0.29) is 22.0 Å². The number of methoxy groups -OCH3 is 1. The molecule has 0 aromatic heterocycles. The number of sulfonamides is 1. The number of nitrogens with one attached hydrogen (secondary N) is 1. The third kappa shape index (κ3) is 3.24. The van der Waals surface area contributed by atoms with Crippen LogP contribution in [0.15, 0.2) is 23.1 Å². The maximum Gasteiger partial charge on any atom is 0.242 e. The normalized spacial score (nSPS) is 21.9. The fourth-order valence-corrected chi connectivity index (χ4v) is 4.10. The average molecular weight is 298 g/mol. The summed E-state index contributed by atoms with van der Waals surface area (Å²) in [6.45, 7) is 4.31. The zero-order chi connectivity index (χ0) is 15.0. The van der Waals surface area contributed by atoms with Gasteiger partial charge in [0.05, 0.1) is 12.8 Å². The Morgan fingerprint density at radius 3 is 2.60 bits per heavy atom. The van der Waals surface area contributed by atoms with Crippen molar-refractivity contribution < 1.29 is 13.2 Å². The minimum absolute atomic E-state index is 0.0171. The summed E-state index contributed by atoms with van der Waals surface area (Å²) in [6.07, 6.45) is 2.74. The highest BCUT2D eigenvalue weighted by molar-refractivity contribution is 7.89. The molecule has 5 nitrogen and oxygen atoms in total. The van der Waals surface area contributed by atoms with E-state index < -0.39 is 10.0 Å². The summed E-state index contributed by atoms with van der Waals surface area (Å²) in [5.41, 5.74) is 6.21. The van der Waals surface area contributed by atoms with Crippen LogP contribution in [0, 0.1) is 5.41 Å². The summed E-state index contributed by atoms with van der Waals surface area (Å²) >= 11 is 0. The number of rotatable bonds is 4. The van der Waals surface area contributed by atoms with Crippen LogP contribution in [-0.4, -0.2) is 21.6 Å².